The van der Waals surface area contributed by atoms with Gasteiger partial charge in [0.15, 0.2) is 0 Å². The summed E-state index contributed by atoms with van der Waals surface area (Å²) in [5, 5.41) is 5.50. The van der Waals surface area contributed by atoms with Gasteiger partial charge in [0.1, 0.15) is 5.75 Å². The molecule has 0 aliphatic carbocycles. The maximum absolute atomic E-state index is 12.1. The molecule has 126 valence electrons. The van der Waals surface area contributed by atoms with Crippen molar-refractivity contribution in [1.82, 2.24) is 5.32 Å². The van der Waals surface area contributed by atoms with Gasteiger partial charge >= 0.3 is 0 Å². The average molecular weight is 326 g/mol. The van der Waals surface area contributed by atoms with Gasteiger partial charge in [0.25, 0.3) is 5.91 Å². The van der Waals surface area contributed by atoms with Crippen LogP contribution in [-0.2, 0) is 11.2 Å². The first kappa shape index (κ1) is 17.5. The summed E-state index contributed by atoms with van der Waals surface area (Å²) in [4.78, 5) is 24.2. The van der Waals surface area contributed by atoms with Gasteiger partial charge in [-0.05, 0) is 48.7 Å². The number of amides is 2. The van der Waals surface area contributed by atoms with Gasteiger partial charge in [0, 0.05) is 11.3 Å². The van der Waals surface area contributed by atoms with Gasteiger partial charge in [-0.1, -0.05) is 25.1 Å². The molecular weight excluding hydrogens is 304 g/mol. The number of methoxy groups -OCH3 is 1. The minimum atomic E-state index is -0.298. The van der Waals surface area contributed by atoms with E-state index in [-0.39, 0.29) is 18.4 Å². The van der Waals surface area contributed by atoms with Crippen molar-refractivity contribution in [2.45, 2.75) is 20.3 Å². The molecular formula is C19H22N2O3. The second-order valence-electron chi connectivity index (χ2n) is 5.42. The Morgan fingerprint density at radius 3 is 2.42 bits per heavy atom. The van der Waals surface area contributed by atoms with Crippen molar-refractivity contribution in [1.29, 1.82) is 0 Å². The molecule has 0 unspecified atom stereocenters. The molecule has 0 aliphatic heterocycles. The summed E-state index contributed by atoms with van der Waals surface area (Å²) < 4.78 is 5.05. The molecule has 2 rings (SSSR count). The SMILES string of the molecule is CCc1cccc(C)c1NC(=O)CNC(=O)c1ccc(OC)cc1. The Labute approximate surface area is 142 Å². The van der Waals surface area contributed by atoms with Crippen LogP contribution in [0.3, 0.4) is 0 Å². The van der Waals surface area contributed by atoms with E-state index in [2.05, 4.69) is 10.6 Å². The van der Waals surface area contributed by atoms with Gasteiger partial charge in [-0.15, -0.1) is 0 Å². The summed E-state index contributed by atoms with van der Waals surface area (Å²) in [6, 6.07) is 12.6. The summed E-state index contributed by atoms with van der Waals surface area (Å²) in [7, 11) is 1.57. The molecule has 5 heteroatoms. The molecule has 0 aromatic heterocycles. The summed E-state index contributed by atoms with van der Waals surface area (Å²) in [5.74, 6) is 0.130. The average Bonchev–Trinajstić information content (AvgIpc) is 2.61. The monoisotopic (exact) mass is 326 g/mol. The van der Waals surface area contributed by atoms with Gasteiger partial charge in [0.05, 0.1) is 13.7 Å². The van der Waals surface area contributed by atoms with Gasteiger partial charge < -0.3 is 15.4 Å². The van der Waals surface area contributed by atoms with E-state index in [0.717, 1.165) is 23.2 Å². The highest BCUT2D eigenvalue weighted by atomic mass is 16.5. The maximum atomic E-state index is 12.1. The van der Waals surface area contributed by atoms with Gasteiger partial charge in [-0.3, -0.25) is 9.59 Å². The Bertz CT molecular complexity index is 724. The second-order valence-corrected chi connectivity index (χ2v) is 5.42. The fourth-order valence-electron chi connectivity index (χ4n) is 2.39. The second kappa shape index (κ2) is 8.15. The minimum absolute atomic E-state index is 0.0810. The van der Waals surface area contributed by atoms with Crippen molar-refractivity contribution >= 4 is 17.5 Å². The predicted molar refractivity (Wildman–Crippen MR) is 94.5 cm³/mol. The first-order valence-corrected chi connectivity index (χ1v) is 7.85. The molecule has 0 saturated carbocycles. The van der Waals surface area contributed by atoms with Crippen LogP contribution in [0.5, 0.6) is 5.75 Å². The van der Waals surface area contributed by atoms with E-state index < -0.39 is 0 Å². The number of carbonyl (C=O) groups is 2. The van der Waals surface area contributed by atoms with Crippen LogP contribution in [0, 0.1) is 6.92 Å². The molecule has 2 aromatic carbocycles. The number of anilines is 1. The van der Waals surface area contributed by atoms with E-state index in [1.54, 1.807) is 31.4 Å². The molecule has 0 aliphatic rings. The van der Waals surface area contributed by atoms with Crippen LogP contribution in [-0.4, -0.2) is 25.5 Å². The van der Waals surface area contributed by atoms with E-state index >= 15 is 0 Å². The van der Waals surface area contributed by atoms with Crippen LogP contribution >= 0.6 is 0 Å². The lowest BCUT2D eigenvalue weighted by molar-refractivity contribution is -0.115. The summed E-state index contributed by atoms with van der Waals surface area (Å²) >= 11 is 0. The standard InChI is InChI=1S/C19H22N2O3/c1-4-14-7-5-6-13(2)18(14)21-17(22)12-20-19(23)15-8-10-16(24-3)11-9-15/h5-11H,4,12H2,1-3H3,(H,20,23)(H,21,22). The zero-order valence-electron chi connectivity index (χ0n) is 14.2. The molecule has 2 amide bonds. The molecule has 0 spiro atoms. The number of rotatable bonds is 6. The molecule has 0 fully saturated rings. The lowest BCUT2D eigenvalue weighted by Gasteiger charge is -2.13. The number of nitrogens with one attached hydrogen (secondary N) is 2. The quantitative estimate of drug-likeness (QED) is 0.857. The summed E-state index contributed by atoms with van der Waals surface area (Å²) in [6.45, 7) is 3.91. The third kappa shape index (κ3) is 4.35. The Morgan fingerprint density at radius 2 is 1.79 bits per heavy atom. The molecule has 2 aromatic rings. The number of aryl methyl sites for hydroxylation is 2. The Morgan fingerprint density at radius 1 is 1.08 bits per heavy atom. The molecule has 0 saturated heterocycles. The predicted octanol–water partition coefficient (Wildman–Crippen LogP) is 2.93. The topological polar surface area (TPSA) is 67.4 Å². The number of para-hydroxylation sites is 1. The van der Waals surface area contributed by atoms with Gasteiger partial charge in [-0.2, -0.15) is 0 Å². The van der Waals surface area contributed by atoms with E-state index in [9.17, 15) is 9.59 Å². The van der Waals surface area contributed by atoms with Crippen molar-refractivity contribution in [3.8, 4) is 5.75 Å². The fourth-order valence-corrected chi connectivity index (χ4v) is 2.39. The number of benzene rings is 2. The van der Waals surface area contributed by atoms with Crippen LogP contribution in [0.4, 0.5) is 5.69 Å². The van der Waals surface area contributed by atoms with Crippen molar-refractivity contribution in [2.75, 3.05) is 19.0 Å². The number of hydrogen-bond acceptors (Lipinski definition) is 3. The molecule has 0 heterocycles. The third-order valence-electron chi connectivity index (χ3n) is 3.77. The Balaban J connectivity index is 1.94. The van der Waals surface area contributed by atoms with Crippen LogP contribution in [0.25, 0.3) is 0 Å². The van der Waals surface area contributed by atoms with E-state index in [4.69, 9.17) is 4.74 Å². The Hall–Kier alpha value is -2.82. The molecule has 0 radical (unpaired) electrons. The lowest BCUT2D eigenvalue weighted by Crippen LogP contribution is -2.33. The zero-order valence-corrected chi connectivity index (χ0v) is 14.2. The number of hydrogen-bond donors (Lipinski definition) is 2. The van der Waals surface area contributed by atoms with E-state index in [1.807, 2.05) is 32.0 Å². The van der Waals surface area contributed by atoms with E-state index in [1.165, 1.54) is 0 Å². The van der Waals surface area contributed by atoms with E-state index in [0.29, 0.717) is 11.3 Å². The minimum Gasteiger partial charge on any atom is -0.497 e. The Kier molecular flexibility index (Phi) is 5.95. The highest BCUT2D eigenvalue weighted by molar-refractivity contribution is 5.99. The zero-order chi connectivity index (χ0) is 17.5. The van der Waals surface area contributed by atoms with Crippen LogP contribution < -0.4 is 15.4 Å². The molecule has 0 bridgehead atoms. The molecule has 2 N–H and O–H groups in total. The molecule has 5 nitrogen and oxygen atoms in total. The van der Waals surface area contributed by atoms with Crippen LogP contribution in [0.1, 0.15) is 28.4 Å². The van der Waals surface area contributed by atoms with Crippen molar-refractivity contribution in [3.63, 3.8) is 0 Å². The summed E-state index contributed by atoms with van der Waals surface area (Å²) in [5.41, 5.74) is 3.38. The highest BCUT2D eigenvalue weighted by Gasteiger charge is 2.11. The van der Waals surface area contributed by atoms with Gasteiger partial charge in [-0.25, -0.2) is 0 Å². The first-order valence-electron chi connectivity index (χ1n) is 7.85. The van der Waals surface area contributed by atoms with Crippen molar-refractivity contribution in [2.24, 2.45) is 0 Å². The lowest BCUT2D eigenvalue weighted by atomic mass is 10.1. The first-order chi connectivity index (χ1) is 11.5. The third-order valence-corrected chi connectivity index (χ3v) is 3.77. The summed E-state index contributed by atoms with van der Waals surface area (Å²) in [6.07, 6.45) is 0.829. The van der Waals surface area contributed by atoms with Gasteiger partial charge in [0.2, 0.25) is 5.91 Å². The van der Waals surface area contributed by atoms with Crippen molar-refractivity contribution < 1.29 is 14.3 Å². The van der Waals surface area contributed by atoms with Crippen LogP contribution in [0.2, 0.25) is 0 Å². The van der Waals surface area contributed by atoms with Crippen LogP contribution in [0.15, 0.2) is 42.5 Å². The number of ether oxygens (including phenoxy) is 1. The smallest absolute Gasteiger partial charge is 0.251 e. The molecule has 0 atom stereocenters. The largest absolute Gasteiger partial charge is 0.497 e. The fraction of sp³-hybridized carbons (Fsp3) is 0.263. The number of carbonyl (C=O) groups excluding carboxylic acids is 2. The highest BCUT2D eigenvalue weighted by Crippen LogP contribution is 2.20. The molecule has 24 heavy (non-hydrogen) atoms. The maximum Gasteiger partial charge on any atom is 0.251 e. The van der Waals surface area contributed by atoms with Crippen molar-refractivity contribution in [3.05, 3.63) is 59.2 Å². The normalized spacial score (nSPS) is 10.1.